The fourth-order valence-corrected chi connectivity index (χ4v) is 4.72. The summed E-state index contributed by atoms with van der Waals surface area (Å²) in [5.74, 6) is 0.662. The summed E-state index contributed by atoms with van der Waals surface area (Å²) in [4.78, 5) is 7.52. The monoisotopic (exact) mass is 425 g/mol. The van der Waals surface area contributed by atoms with Gasteiger partial charge < -0.3 is 4.90 Å². The Morgan fingerprint density at radius 2 is 1.77 bits per heavy atom. The van der Waals surface area contributed by atoms with E-state index in [4.69, 9.17) is 4.98 Å². The SMILES string of the molecule is CCCC[C@H](C)CCc1nc2c(P)c(C)c(C)cc2c(N(CCC)CCC)c1C#N. The minimum atomic E-state index is 0.662. The summed E-state index contributed by atoms with van der Waals surface area (Å²) in [6.45, 7) is 15.3. The highest BCUT2D eigenvalue weighted by molar-refractivity contribution is 7.28. The van der Waals surface area contributed by atoms with Crippen molar-refractivity contribution in [2.75, 3.05) is 18.0 Å². The van der Waals surface area contributed by atoms with Crippen LogP contribution in [-0.4, -0.2) is 18.1 Å². The Balaban J connectivity index is 2.68. The number of aryl methyl sites for hydroxylation is 2. The van der Waals surface area contributed by atoms with E-state index < -0.39 is 0 Å². The number of pyridine rings is 1. The first kappa shape index (κ1) is 24.6. The number of aromatic nitrogens is 1. The molecule has 0 fully saturated rings. The molecule has 0 aliphatic rings. The van der Waals surface area contributed by atoms with Crippen molar-refractivity contribution in [3.8, 4) is 6.07 Å². The van der Waals surface area contributed by atoms with Gasteiger partial charge in [-0.3, -0.25) is 4.98 Å². The van der Waals surface area contributed by atoms with Gasteiger partial charge in [0.1, 0.15) is 6.07 Å². The molecule has 4 heteroatoms. The second kappa shape index (κ2) is 11.7. The predicted molar refractivity (Wildman–Crippen MR) is 135 cm³/mol. The Morgan fingerprint density at radius 3 is 2.33 bits per heavy atom. The van der Waals surface area contributed by atoms with Crippen LogP contribution in [-0.2, 0) is 6.42 Å². The fraction of sp³-hybridized carbons (Fsp3) is 0.615. The highest BCUT2D eigenvalue weighted by Crippen LogP contribution is 2.34. The average Bonchev–Trinajstić information content (AvgIpc) is 2.73. The summed E-state index contributed by atoms with van der Waals surface area (Å²) in [6, 6.07) is 4.81. The maximum Gasteiger partial charge on any atom is 0.103 e. The van der Waals surface area contributed by atoms with Gasteiger partial charge in [0.05, 0.1) is 22.5 Å². The number of hydrogen-bond donors (Lipinski definition) is 0. The van der Waals surface area contributed by atoms with Crippen molar-refractivity contribution in [3.05, 3.63) is 28.5 Å². The lowest BCUT2D eigenvalue weighted by Gasteiger charge is -2.28. The van der Waals surface area contributed by atoms with E-state index in [0.29, 0.717) is 5.92 Å². The standard InChI is InChI=1S/C26H40N3P/c1-7-10-11-18(4)12-13-23-22(17-27)25(29(14-8-2)15-9-3)21-16-19(5)20(6)26(30)24(21)28-23/h16,18H,7-15,30H2,1-6H3/t18-/m0/s1. The normalized spacial score (nSPS) is 12.2. The Kier molecular flexibility index (Phi) is 9.57. The average molecular weight is 426 g/mol. The Labute approximate surface area is 186 Å². The number of unbranched alkanes of at least 4 members (excludes halogenated alkanes) is 1. The molecule has 0 spiro atoms. The molecule has 2 aromatic rings. The van der Waals surface area contributed by atoms with Crippen LogP contribution in [0.2, 0.25) is 0 Å². The van der Waals surface area contributed by atoms with Gasteiger partial charge in [-0.2, -0.15) is 5.26 Å². The zero-order chi connectivity index (χ0) is 22.3. The van der Waals surface area contributed by atoms with E-state index in [1.165, 1.54) is 35.7 Å². The summed E-state index contributed by atoms with van der Waals surface area (Å²) >= 11 is 0. The molecule has 30 heavy (non-hydrogen) atoms. The second-order valence-corrected chi connectivity index (χ2v) is 9.37. The molecule has 0 aliphatic heterocycles. The van der Waals surface area contributed by atoms with Crippen LogP contribution in [0.25, 0.3) is 10.9 Å². The third-order valence-electron chi connectivity index (χ3n) is 6.23. The summed E-state index contributed by atoms with van der Waals surface area (Å²) in [5.41, 5.74) is 6.45. The highest BCUT2D eigenvalue weighted by atomic mass is 31.0. The number of nitriles is 1. The molecule has 164 valence electrons. The van der Waals surface area contributed by atoms with Crippen LogP contribution < -0.4 is 10.2 Å². The van der Waals surface area contributed by atoms with Crippen LogP contribution >= 0.6 is 9.24 Å². The molecular formula is C26H40N3P. The fourth-order valence-electron chi connectivity index (χ4n) is 4.27. The molecular weight excluding hydrogens is 385 g/mol. The van der Waals surface area contributed by atoms with Crippen LogP contribution in [0.15, 0.2) is 6.07 Å². The molecule has 2 atom stereocenters. The van der Waals surface area contributed by atoms with E-state index in [1.807, 2.05) is 0 Å². The maximum atomic E-state index is 10.2. The van der Waals surface area contributed by atoms with Gasteiger partial charge in [0.25, 0.3) is 0 Å². The molecule has 3 nitrogen and oxygen atoms in total. The molecule has 0 amide bonds. The number of nitrogens with zero attached hydrogens (tertiary/aromatic N) is 3. The van der Waals surface area contributed by atoms with Crippen LogP contribution in [0.4, 0.5) is 5.69 Å². The molecule has 1 aromatic heterocycles. The van der Waals surface area contributed by atoms with E-state index in [1.54, 1.807) is 0 Å². The minimum absolute atomic E-state index is 0.662. The van der Waals surface area contributed by atoms with Gasteiger partial charge in [0.2, 0.25) is 0 Å². The summed E-state index contributed by atoms with van der Waals surface area (Å²) < 4.78 is 0. The Hall–Kier alpha value is -1.65. The van der Waals surface area contributed by atoms with E-state index in [-0.39, 0.29) is 0 Å². The summed E-state index contributed by atoms with van der Waals surface area (Å²) in [6.07, 6.45) is 7.87. The third-order valence-corrected chi connectivity index (χ3v) is 6.94. The Morgan fingerprint density at radius 1 is 1.10 bits per heavy atom. The topological polar surface area (TPSA) is 39.9 Å². The molecule has 1 unspecified atom stereocenters. The zero-order valence-electron chi connectivity index (χ0n) is 19.9. The van der Waals surface area contributed by atoms with Crippen molar-refractivity contribution in [2.24, 2.45) is 5.92 Å². The van der Waals surface area contributed by atoms with E-state index >= 15 is 0 Å². The molecule has 1 heterocycles. The van der Waals surface area contributed by atoms with Gasteiger partial charge >= 0.3 is 0 Å². The molecule has 0 aliphatic carbocycles. The zero-order valence-corrected chi connectivity index (χ0v) is 21.1. The van der Waals surface area contributed by atoms with Crippen LogP contribution in [0.3, 0.4) is 0 Å². The summed E-state index contributed by atoms with van der Waals surface area (Å²) in [7, 11) is 2.91. The summed E-state index contributed by atoms with van der Waals surface area (Å²) in [5, 5.41) is 12.5. The van der Waals surface area contributed by atoms with Crippen molar-refractivity contribution in [2.45, 2.75) is 86.5 Å². The highest BCUT2D eigenvalue weighted by Gasteiger charge is 2.22. The first-order chi connectivity index (χ1) is 14.4. The third kappa shape index (κ3) is 5.53. The van der Waals surface area contributed by atoms with E-state index in [2.05, 4.69) is 67.8 Å². The molecule has 0 saturated carbocycles. The second-order valence-electron chi connectivity index (χ2n) is 8.80. The van der Waals surface area contributed by atoms with Crippen molar-refractivity contribution in [3.63, 3.8) is 0 Å². The van der Waals surface area contributed by atoms with Crippen molar-refractivity contribution in [1.29, 1.82) is 5.26 Å². The van der Waals surface area contributed by atoms with Gasteiger partial charge in [-0.1, -0.05) is 47.0 Å². The molecule has 1 aromatic carbocycles. The number of anilines is 1. The number of hydrogen-bond acceptors (Lipinski definition) is 3. The van der Waals surface area contributed by atoms with Crippen LogP contribution in [0, 0.1) is 31.1 Å². The van der Waals surface area contributed by atoms with Crippen molar-refractivity contribution in [1.82, 2.24) is 4.98 Å². The quantitative estimate of drug-likeness (QED) is 0.380. The van der Waals surface area contributed by atoms with E-state index in [9.17, 15) is 5.26 Å². The Bertz CT molecular complexity index is 892. The lowest BCUT2D eigenvalue weighted by atomic mass is 9.94. The largest absolute Gasteiger partial charge is 0.370 e. The van der Waals surface area contributed by atoms with Gasteiger partial charge in [-0.15, -0.1) is 9.24 Å². The van der Waals surface area contributed by atoms with Crippen molar-refractivity contribution < 1.29 is 0 Å². The van der Waals surface area contributed by atoms with Crippen molar-refractivity contribution >= 4 is 31.1 Å². The number of benzene rings is 1. The molecule has 0 N–H and O–H groups in total. The smallest absolute Gasteiger partial charge is 0.103 e. The lowest BCUT2D eigenvalue weighted by molar-refractivity contribution is 0.470. The van der Waals surface area contributed by atoms with Gasteiger partial charge in [0, 0.05) is 18.5 Å². The molecule has 0 saturated heterocycles. The lowest BCUT2D eigenvalue weighted by Crippen LogP contribution is -2.27. The first-order valence-corrected chi connectivity index (χ1v) is 12.3. The number of fused-ring (bicyclic) bond motifs is 1. The van der Waals surface area contributed by atoms with E-state index in [0.717, 1.165) is 66.6 Å². The van der Waals surface area contributed by atoms with Crippen LogP contribution in [0.1, 0.15) is 88.6 Å². The van der Waals surface area contributed by atoms with Crippen LogP contribution in [0.5, 0.6) is 0 Å². The molecule has 0 radical (unpaired) electrons. The van der Waals surface area contributed by atoms with Gasteiger partial charge in [-0.25, -0.2) is 0 Å². The predicted octanol–water partition coefficient (Wildman–Crippen LogP) is 6.61. The minimum Gasteiger partial charge on any atom is -0.370 e. The maximum absolute atomic E-state index is 10.2. The van der Waals surface area contributed by atoms with Gasteiger partial charge in [-0.05, 0) is 67.9 Å². The molecule has 2 rings (SSSR count). The first-order valence-electron chi connectivity index (χ1n) is 11.8. The number of rotatable bonds is 11. The van der Waals surface area contributed by atoms with Gasteiger partial charge in [0.15, 0.2) is 0 Å². The molecule has 0 bridgehead atoms.